The highest BCUT2D eigenvalue weighted by molar-refractivity contribution is 5.63. The van der Waals surface area contributed by atoms with Crippen LogP contribution in [0.1, 0.15) is 64.7 Å². The Morgan fingerprint density at radius 1 is 0.720 bits per heavy atom. The lowest BCUT2D eigenvalue weighted by atomic mass is 9.99. The smallest absolute Gasteiger partial charge is 0.0413 e. The van der Waals surface area contributed by atoms with Gasteiger partial charge in [0.15, 0.2) is 0 Å². The van der Waals surface area contributed by atoms with Gasteiger partial charge in [-0.15, -0.1) is 0 Å². The van der Waals surface area contributed by atoms with Gasteiger partial charge in [-0.1, -0.05) is 95.2 Å². The normalized spacial score (nSPS) is 12.1. The van der Waals surface area contributed by atoms with Gasteiger partial charge < -0.3 is 4.90 Å². The maximum Gasteiger partial charge on any atom is 0.0413 e. The van der Waals surface area contributed by atoms with Crippen molar-refractivity contribution in [1.29, 1.82) is 0 Å². The molecule has 1 heteroatoms. The van der Waals surface area contributed by atoms with Crippen molar-refractivity contribution in [3.8, 4) is 0 Å². The largest absolute Gasteiger partial charge is 0.338 e. The van der Waals surface area contributed by atoms with Crippen LogP contribution in [0.2, 0.25) is 0 Å². The molecule has 0 saturated heterocycles. The Hall–Kier alpha value is -1.76. The molecular weight excluding hydrogens is 302 g/mol. The second-order valence-corrected chi connectivity index (χ2v) is 6.89. The Morgan fingerprint density at radius 2 is 1.24 bits per heavy atom. The molecule has 0 aromatic heterocycles. The summed E-state index contributed by atoms with van der Waals surface area (Å²) in [5, 5.41) is 0. The fourth-order valence-electron chi connectivity index (χ4n) is 3.55. The fraction of sp³-hybridized carbons (Fsp3) is 0.458. The van der Waals surface area contributed by atoms with Gasteiger partial charge in [-0.3, -0.25) is 0 Å². The Kier molecular flexibility index (Phi) is 9.18. The summed E-state index contributed by atoms with van der Waals surface area (Å²) in [5.74, 6) is 0. The number of para-hydroxylation sites is 2. The number of anilines is 2. The predicted octanol–water partition coefficient (Wildman–Crippen LogP) is 7.56. The van der Waals surface area contributed by atoms with Crippen LogP contribution in [-0.4, -0.2) is 6.04 Å². The molecule has 2 aromatic rings. The minimum atomic E-state index is 0.522. The van der Waals surface area contributed by atoms with Crippen LogP contribution in [0.4, 0.5) is 11.4 Å². The van der Waals surface area contributed by atoms with Crippen LogP contribution in [0, 0.1) is 6.92 Å². The second-order valence-electron chi connectivity index (χ2n) is 6.89. The van der Waals surface area contributed by atoms with Gasteiger partial charge in [0.25, 0.3) is 0 Å². The first-order chi connectivity index (χ1) is 12.4. The molecule has 1 atom stereocenters. The van der Waals surface area contributed by atoms with Gasteiger partial charge in [0.2, 0.25) is 0 Å². The van der Waals surface area contributed by atoms with Gasteiger partial charge in [-0.05, 0) is 37.1 Å². The summed E-state index contributed by atoms with van der Waals surface area (Å²) in [7, 11) is 0. The molecule has 0 aliphatic heterocycles. The molecule has 0 aliphatic rings. The molecule has 0 bridgehead atoms. The van der Waals surface area contributed by atoms with Crippen LogP contribution in [0.5, 0.6) is 0 Å². The molecule has 1 nitrogen and oxygen atoms in total. The van der Waals surface area contributed by atoms with Crippen molar-refractivity contribution in [3.63, 3.8) is 0 Å². The molecule has 1 unspecified atom stereocenters. The first-order valence-corrected chi connectivity index (χ1v) is 10.1. The first kappa shape index (κ1) is 19.6. The lowest BCUT2D eigenvalue weighted by Crippen LogP contribution is -2.31. The lowest BCUT2D eigenvalue weighted by Gasteiger charge is -2.34. The molecule has 1 radical (unpaired) electrons. The van der Waals surface area contributed by atoms with Gasteiger partial charge in [-0.2, -0.15) is 0 Å². The molecule has 2 aromatic carbocycles. The van der Waals surface area contributed by atoms with Crippen LogP contribution in [-0.2, 0) is 0 Å². The van der Waals surface area contributed by atoms with E-state index in [1.54, 1.807) is 0 Å². The Balaban J connectivity index is 2.08. The second kappa shape index (κ2) is 11.7. The molecule has 25 heavy (non-hydrogen) atoms. The van der Waals surface area contributed by atoms with Gasteiger partial charge in [0, 0.05) is 17.4 Å². The van der Waals surface area contributed by atoms with Crippen molar-refractivity contribution in [3.05, 3.63) is 67.6 Å². The highest BCUT2D eigenvalue weighted by Gasteiger charge is 2.19. The fourth-order valence-corrected chi connectivity index (χ4v) is 3.55. The van der Waals surface area contributed by atoms with Crippen molar-refractivity contribution < 1.29 is 0 Å². The number of hydrogen-bond acceptors (Lipinski definition) is 1. The summed E-state index contributed by atoms with van der Waals surface area (Å²) < 4.78 is 0. The minimum absolute atomic E-state index is 0.522. The zero-order valence-electron chi connectivity index (χ0n) is 15.9. The number of unbranched alkanes of at least 4 members (excludes halogenated alkanes) is 5. The van der Waals surface area contributed by atoms with Crippen molar-refractivity contribution >= 4 is 11.4 Å². The minimum Gasteiger partial charge on any atom is -0.338 e. The summed E-state index contributed by atoms with van der Waals surface area (Å²) in [5.41, 5.74) is 2.58. The van der Waals surface area contributed by atoms with E-state index in [4.69, 9.17) is 0 Å². The quantitative estimate of drug-likeness (QED) is 0.361. The summed E-state index contributed by atoms with van der Waals surface area (Å²) >= 11 is 0. The standard InChI is InChI=1S/C24H34N/c1-3-5-6-7-8-11-17-22(16-4-2)25(23-18-12-9-13-19-23)24-20-14-10-15-21-24/h9-10,12-15,18-22H,2-8,11,16-17H2,1H3. The Labute approximate surface area is 155 Å². The van der Waals surface area contributed by atoms with Crippen LogP contribution in [0.25, 0.3) is 0 Å². The highest BCUT2D eigenvalue weighted by Crippen LogP contribution is 2.31. The maximum atomic E-state index is 4.14. The summed E-state index contributed by atoms with van der Waals surface area (Å²) in [4.78, 5) is 2.53. The van der Waals surface area contributed by atoms with Crippen LogP contribution in [0.3, 0.4) is 0 Å². The molecule has 0 fully saturated rings. The number of hydrogen-bond donors (Lipinski definition) is 0. The number of rotatable bonds is 12. The van der Waals surface area contributed by atoms with Gasteiger partial charge in [0.1, 0.15) is 0 Å². The average Bonchev–Trinajstić information content (AvgIpc) is 2.66. The molecular formula is C24H34N. The van der Waals surface area contributed by atoms with Crippen LogP contribution in [0.15, 0.2) is 60.7 Å². The molecule has 2 rings (SSSR count). The van der Waals surface area contributed by atoms with Gasteiger partial charge >= 0.3 is 0 Å². The third kappa shape index (κ3) is 6.57. The molecule has 0 saturated carbocycles. The van der Waals surface area contributed by atoms with Gasteiger partial charge in [-0.25, -0.2) is 0 Å². The van der Waals surface area contributed by atoms with E-state index in [9.17, 15) is 0 Å². The van der Waals surface area contributed by atoms with E-state index in [0.717, 1.165) is 12.8 Å². The molecule has 0 aliphatic carbocycles. The average molecular weight is 337 g/mol. The zero-order chi connectivity index (χ0) is 17.7. The van der Waals surface area contributed by atoms with Crippen molar-refractivity contribution in [2.24, 2.45) is 0 Å². The monoisotopic (exact) mass is 336 g/mol. The van der Waals surface area contributed by atoms with Crippen molar-refractivity contribution in [2.75, 3.05) is 4.90 Å². The van der Waals surface area contributed by atoms with E-state index in [0.29, 0.717) is 6.04 Å². The van der Waals surface area contributed by atoms with E-state index >= 15 is 0 Å². The molecule has 135 valence electrons. The van der Waals surface area contributed by atoms with E-state index in [1.807, 2.05) is 0 Å². The Morgan fingerprint density at radius 3 is 1.76 bits per heavy atom. The third-order valence-electron chi connectivity index (χ3n) is 4.86. The SMILES string of the molecule is [CH2]CCC(CCCCCCCC)N(c1ccccc1)c1ccccc1. The zero-order valence-corrected chi connectivity index (χ0v) is 15.9. The summed E-state index contributed by atoms with van der Waals surface area (Å²) in [6.07, 6.45) is 11.5. The summed E-state index contributed by atoms with van der Waals surface area (Å²) in [6, 6.07) is 22.2. The van der Waals surface area contributed by atoms with Crippen LogP contribution < -0.4 is 4.90 Å². The van der Waals surface area contributed by atoms with Gasteiger partial charge in [0.05, 0.1) is 0 Å². The van der Waals surface area contributed by atoms with E-state index in [2.05, 4.69) is 79.4 Å². The third-order valence-corrected chi connectivity index (χ3v) is 4.86. The number of benzene rings is 2. The first-order valence-electron chi connectivity index (χ1n) is 10.1. The van der Waals surface area contributed by atoms with E-state index in [1.165, 1.54) is 56.3 Å². The van der Waals surface area contributed by atoms with E-state index in [-0.39, 0.29) is 0 Å². The Bertz CT molecular complexity index is 509. The van der Waals surface area contributed by atoms with Crippen molar-refractivity contribution in [2.45, 2.75) is 70.8 Å². The predicted molar refractivity (Wildman–Crippen MR) is 111 cm³/mol. The number of nitrogens with zero attached hydrogens (tertiary/aromatic N) is 1. The molecule has 0 N–H and O–H groups in total. The molecule has 0 spiro atoms. The highest BCUT2D eigenvalue weighted by atomic mass is 15.2. The summed E-state index contributed by atoms with van der Waals surface area (Å²) in [6.45, 7) is 6.42. The molecule has 0 amide bonds. The topological polar surface area (TPSA) is 3.24 Å². The van der Waals surface area contributed by atoms with Crippen molar-refractivity contribution in [1.82, 2.24) is 0 Å². The maximum absolute atomic E-state index is 4.14. The lowest BCUT2D eigenvalue weighted by molar-refractivity contribution is 0.507. The molecule has 0 heterocycles. The van der Waals surface area contributed by atoms with E-state index < -0.39 is 0 Å². The van der Waals surface area contributed by atoms with Crippen LogP contribution >= 0.6 is 0 Å².